The summed E-state index contributed by atoms with van der Waals surface area (Å²) in [6, 6.07) is 17.6. The highest BCUT2D eigenvalue weighted by Gasteiger charge is 2.12. The third-order valence-corrected chi connectivity index (χ3v) is 5.78. The average molecular weight is 423 g/mol. The molecular formula is C21H18N4O2S2. The van der Waals surface area contributed by atoms with Crippen molar-refractivity contribution in [1.29, 1.82) is 0 Å². The number of nitrogens with zero attached hydrogens (tertiary/aromatic N) is 3. The summed E-state index contributed by atoms with van der Waals surface area (Å²) >= 11 is 2.82. The molecule has 1 amide bonds. The van der Waals surface area contributed by atoms with Crippen molar-refractivity contribution in [2.24, 2.45) is 0 Å². The summed E-state index contributed by atoms with van der Waals surface area (Å²) in [5.41, 5.74) is 2.87. The van der Waals surface area contributed by atoms with Gasteiger partial charge in [-0.1, -0.05) is 59.4 Å². The summed E-state index contributed by atoms with van der Waals surface area (Å²) < 4.78 is 5.74. The molecule has 0 radical (unpaired) electrons. The molecule has 146 valence electrons. The van der Waals surface area contributed by atoms with Crippen molar-refractivity contribution in [3.8, 4) is 16.3 Å². The van der Waals surface area contributed by atoms with Crippen LogP contribution >= 0.6 is 22.7 Å². The fourth-order valence-corrected chi connectivity index (χ4v) is 4.05. The van der Waals surface area contributed by atoms with E-state index < -0.39 is 0 Å². The van der Waals surface area contributed by atoms with Crippen LogP contribution in [0.15, 0.2) is 60.0 Å². The van der Waals surface area contributed by atoms with Crippen LogP contribution in [0, 0.1) is 6.92 Å². The van der Waals surface area contributed by atoms with Crippen molar-refractivity contribution in [3.05, 3.63) is 76.2 Å². The van der Waals surface area contributed by atoms with Gasteiger partial charge in [-0.2, -0.15) is 0 Å². The van der Waals surface area contributed by atoms with E-state index in [4.69, 9.17) is 4.74 Å². The maximum absolute atomic E-state index is 12.3. The molecule has 0 spiro atoms. The standard InChI is InChI=1S/C21H18N4O2S2/c1-14-7-9-17(10-8-14)27-12-19-22-16(13-28-19)11-18(26)23-21-25-24-20(29-21)15-5-3-2-4-6-15/h2-10,13H,11-12H2,1H3,(H,23,25,26). The summed E-state index contributed by atoms with van der Waals surface area (Å²) in [6.07, 6.45) is 0.182. The van der Waals surface area contributed by atoms with E-state index in [0.29, 0.717) is 17.4 Å². The van der Waals surface area contributed by atoms with E-state index in [1.807, 2.05) is 66.9 Å². The molecule has 2 heterocycles. The van der Waals surface area contributed by atoms with Gasteiger partial charge in [0.1, 0.15) is 22.4 Å². The van der Waals surface area contributed by atoms with E-state index in [1.54, 1.807) is 0 Å². The van der Waals surface area contributed by atoms with Crippen LogP contribution in [-0.2, 0) is 17.8 Å². The Morgan fingerprint density at radius 2 is 1.86 bits per heavy atom. The molecule has 2 aromatic heterocycles. The first kappa shape index (κ1) is 19.2. The van der Waals surface area contributed by atoms with E-state index in [-0.39, 0.29) is 12.3 Å². The van der Waals surface area contributed by atoms with Gasteiger partial charge in [-0.3, -0.25) is 4.79 Å². The van der Waals surface area contributed by atoms with Crippen LogP contribution in [-0.4, -0.2) is 21.1 Å². The van der Waals surface area contributed by atoms with E-state index in [1.165, 1.54) is 28.2 Å². The number of anilines is 1. The fraction of sp³-hybridized carbons (Fsp3) is 0.143. The maximum atomic E-state index is 12.3. The Bertz CT molecular complexity index is 1090. The Morgan fingerprint density at radius 3 is 2.66 bits per heavy atom. The lowest BCUT2D eigenvalue weighted by Crippen LogP contribution is -2.14. The third-order valence-electron chi connectivity index (χ3n) is 4.02. The number of carbonyl (C=O) groups excluding carboxylic acids is 1. The first-order valence-corrected chi connectivity index (χ1v) is 10.7. The average Bonchev–Trinajstić information content (AvgIpc) is 3.38. The van der Waals surface area contributed by atoms with Crippen LogP contribution < -0.4 is 10.1 Å². The lowest BCUT2D eigenvalue weighted by atomic mass is 10.2. The van der Waals surface area contributed by atoms with Gasteiger partial charge in [-0.15, -0.1) is 21.5 Å². The molecule has 6 nitrogen and oxygen atoms in total. The van der Waals surface area contributed by atoms with Crippen molar-refractivity contribution in [2.45, 2.75) is 20.0 Å². The van der Waals surface area contributed by atoms with E-state index in [9.17, 15) is 4.79 Å². The minimum Gasteiger partial charge on any atom is -0.486 e. The molecule has 0 saturated carbocycles. The summed E-state index contributed by atoms with van der Waals surface area (Å²) in [5, 5.41) is 14.9. The summed E-state index contributed by atoms with van der Waals surface area (Å²) in [7, 11) is 0. The predicted octanol–water partition coefficient (Wildman–Crippen LogP) is 4.73. The highest BCUT2D eigenvalue weighted by molar-refractivity contribution is 7.18. The lowest BCUT2D eigenvalue weighted by Gasteiger charge is -2.03. The smallest absolute Gasteiger partial charge is 0.232 e. The minimum atomic E-state index is -0.169. The molecule has 0 aliphatic heterocycles. The molecule has 4 rings (SSSR count). The molecule has 1 N–H and O–H groups in total. The SMILES string of the molecule is Cc1ccc(OCc2nc(CC(=O)Nc3nnc(-c4ccccc4)s3)cs2)cc1. The van der Waals surface area contributed by atoms with Crippen LogP contribution in [0.5, 0.6) is 5.75 Å². The van der Waals surface area contributed by atoms with Crippen molar-refractivity contribution in [3.63, 3.8) is 0 Å². The van der Waals surface area contributed by atoms with Crippen LogP contribution in [0.2, 0.25) is 0 Å². The molecule has 8 heteroatoms. The highest BCUT2D eigenvalue weighted by atomic mass is 32.1. The van der Waals surface area contributed by atoms with E-state index in [2.05, 4.69) is 20.5 Å². The van der Waals surface area contributed by atoms with Crippen LogP contribution in [0.4, 0.5) is 5.13 Å². The first-order valence-electron chi connectivity index (χ1n) is 8.97. The molecule has 4 aromatic rings. The monoisotopic (exact) mass is 422 g/mol. The van der Waals surface area contributed by atoms with Gasteiger partial charge in [0.15, 0.2) is 0 Å². The third kappa shape index (κ3) is 5.24. The maximum Gasteiger partial charge on any atom is 0.232 e. The number of ether oxygens (including phenoxy) is 1. The second kappa shape index (κ2) is 8.93. The highest BCUT2D eigenvalue weighted by Crippen LogP contribution is 2.26. The second-order valence-corrected chi connectivity index (χ2v) is 8.26. The summed E-state index contributed by atoms with van der Waals surface area (Å²) in [5.74, 6) is 0.632. The van der Waals surface area contributed by atoms with Gasteiger partial charge in [-0.05, 0) is 19.1 Å². The van der Waals surface area contributed by atoms with Crippen molar-refractivity contribution in [2.75, 3.05) is 5.32 Å². The van der Waals surface area contributed by atoms with Crippen molar-refractivity contribution < 1.29 is 9.53 Å². The molecular weight excluding hydrogens is 404 g/mol. The van der Waals surface area contributed by atoms with Crippen LogP contribution in [0.25, 0.3) is 10.6 Å². The Kier molecular flexibility index (Phi) is 5.92. The summed E-state index contributed by atoms with van der Waals surface area (Å²) in [4.78, 5) is 16.8. The van der Waals surface area contributed by atoms with Crippen LogP contribution in [0.1, 0.15) is 16.3 Å². The normalized spacial score (nSPS) is 10.7. The zero-order chi connectivity index (χ0) is 20.1. The van der Waals surface area contributed by atoms with Gasteiger partial charge in [-0.25, -0.2) is 4.98 Å². The van der Waals surface area contributed by atoms with Gasteiger partial charge in [0.05, 0.1) is 12.1 Å². The Labute approximate surface area is 176 Å². The first-order chi connectivity index (χ1) is 14.2. The van der Waals surface area contributed by atoms with Crippen LogP contribution in [0.3, 0.4) is 0 Å². The lowest BCUT2D eigenvalue weighted by molar-refractivity contribution is -0.115. The number of amides is 1. The molecule has 0 unspecified atom stereocenters. The minimum absolute atomic E-state index is 0.169. The van der Waals surface area contributed by atoms with Gasteiger partial charge < -0.3 is 10.1 Å². The van der Waals surface area contributed by atoms with Gasteiger partial charge in [0, 0.05) is 10.9 Å². The quantitative estimate of drug-likeness (QED) is 0.466. The molecule has 0 fully saturated rings. The zero-order valence-electron chi connectivity index (χ0n) is 15.7. The van der Waals surface area contributed by atoms with E-state index in [0.717, 1.165) is 21.3 Å². The zero-order valence-corrected chi connectivity index (χ0v) is 17.3. The number of aromatic nitrogens is 3. The molecule has 0 aliphatic carbocycles. The topological polar surface area (TPSA) is 77.0 Å². The molecule has 2 aromatic carbocycles. The Hall–Kier alpha value is -3.10. The molecule has 0 atom stereocenters. The molecule has 0 aliphatic rings. The number of nitrogens with one attached hydrogen (secondary N) is 1. The largest absolute Gasteiger partial charge is 0.486 e. The fourth-order valence-electron chi connectivity index (χ4n) is 2.58. The predicted molar refractivity (Wildman–Crippen MR) is 115 cm³/mol. The number of carbonyl (C=O) groups is 1. The Balaban J connectivity index is 1.30. The number of hydrogen-bond acceptors (Lipinski definition) is 7. The van der Waals surface area contributed by atoms with Gasteiger partial charge in [0.2, 0.25) is 11.0 Å². The molecule has 0 bridgehead atoms. The molecule has 29 heavy (non-hydrogen) atoms. The van der Waals surface area contributed by atoms with E-state index >= 15 is 0 Å². The van der Waals surface area contributed by atoms with Gasteiger partial charge >= 0.3 is 0 Å². The number of thiazole rings is 1. The van der Waals surface area contributed by atoms with Gasteiger partial charge in [0.25, 0.3) is 0 Å². The Morgan fingerprint density at radius 1 is 1.07 bits per heavy atom. The van der Waals surface area contributed by atoms with Crippen molar-refractivity contribution in [1.82, 2.24) is 15.2 Å². The number of hydrogen-bond donors (Lipinski definition) is 1. The van der Waals surface area contributed by atoms with Crippen molar-refractivity contribution >= 4 is 33.7 Å². The number of benzene rings is 2. The number of rotatable bonds is 7. The second-order valence-electron chi connectivity index (χ2n) is 6.34. The molecule has 0 saturated heterocycles. The number of aryl methyl sites for hydroxylation is 1. The summed E-state index contributed by atoms with van der Waals surface area (Å²) in [6.45, 7) is 2.42.